The molecule has 0 fully saturated rings. The van der Waals surface area contributed by atoms with Gasteiger partial charge in [-0.25, -0.2) is 13.9 Å². The van der Waals surface area contributed by atoms with Crippen molar-refractivity contribution in [2.75, 3.05) is 0 Å². The maximum Gasteiger partial charge on any atom is 0.331 e. The Balaban J connectivity index is 2.65. The fourth-order valence-electron chi connectivity index (χ4n) is 1.76. The molecule has 2 aromatic rings. The summed E-state index contributed by atoms with van der Waals surface area (Å²) in [5.74, 6) is -1.54. The van der Waals surface area contributed by atoms with Gasteiger partial charge in [-0.15, -0.1) is 5.10 Å². The van der Waals surface area contributed by atoms with Crippen LogP contribution >= 0.6 is 15.9 Å². The molecule has 0 aliphatic rings. The van der Waals surface area contributed by atoms with E-state index in [1.807, 2.05) is 0 Å². The Morgan fingerprint density at radius 2 is 2.25 bits per heavy atom. The molecule has 2 rings (SSSR count). The summed E-state index contributed by atoms with van der Waals surface area (Å²) in [6.45, 7) is 3.20. The minimum Gasteiger partial charge on any atom is -0.479 e. The first kappa shape index (κ1) is 14.6. The van der Waals surface area contributed by atoms with Gasteiger partial charge in [-0.1, -0.05) is 13.0 Å². The summed E-state index contributed by atoms with van der Waals surface area (Å²) in [4.78, 5) is 11.5. The van der Waals surface area contributed by atoms with Crippen LogP contribution in [0, 0.1) is 5.82 Å². The molecule has 0 aliphatic heterocycles. The summed E-state index contributed by atoms with van der Waals surface area (Å²) in [6.07, 6.45) is 0.260. The molecule has 1 aromatic heterocycles. The number of tetrazole rings is 1. The third-order valence-electron chi connectivity index (χ3n) is 3.28. The molecule has 0 saturated carbocycles. The van der Waals surface area contributed by atoms with Crippen molar-refractivity contribution < 1.29 is 14.3 Å². The Morgan fingerprint density at radius 1 is 1.55 bits per heavy atom. The molecule has 0 radical (unpaired) electrons. The van der Waals surface area contributed by atoms with E-state index in [9.17, 15) is 14.3 Å². The number of carboxylic acids is 1. The fourth-order valence-corrected chi connectivity index (χ4v) is 2.12. The van der Waals surface area contributed by atoms with E-state index < -0.39 is 17.3 Å². The van der Waals surface area contributed by atoms with E-state index in [0.717, 1.165) is 4.68 Å². The van der Waals surface area contributed by atoms with Gasteiger partial charge < -0.3 is 5.11 Å². The highest BCUT2D eigenvalue weighted by molar-refractivity contribution is 9.10. The lowest BCUT2D eigenvalue weighted by atomic mass is 9.99. The van der Waals surface area contributed by atoms with Gasteiger partial charge >= 0.3 is 5.97 Å². The normalized spacial score (nSPS) is 14.0. The van der Waals surface area contributed by atoms with Crippen LogP contribution in [0.1, 0.15) is 20.3 Å². The topological polar surface area (TPSA) is 80.9 Å². The van der Waals surface area contributed by atoms with Gasteiger partial charge in [-0.2, -0.15) is 0 Å². The van der Waals surface area contributed by atoms with Crippen LogP contribution in [0.5, 0.6) is 0 Å². The van der Waals surface area contributed by atoms with Crippen LogP contribution in [0.15, 0.2) is 22.7 Å². The number of aliphatic carboxylic acids is 1. The number of carboxylic acid groups (broad SMARTS) is 1. The number of nitrogens with zero attached hydrogens (tertiary/aromatic N) is 4. The van der Waals surface area contributed by atoms with Gasteiger partial charge in [0.05, 0.1) is 10.0 Å². The molecule has 8 heteroatoms. The minimum atomic E-state index is -1.34. The fraction of sp³-hybridized carbons (Fsp3) is 0.333. The lowest BCUT2D eigenvalue weighted by Gasteiger charge is -2.24. The van der Waals surface area contributed by atoms with Crippen molar-refractivity contribution in [3.05, 3.63) is 28.5 Å². The van der Waals surface area contributed by atoms with Crippen molar-refractivity contribution in [3.8, 4) is 11.4 Å². The van der Waals surface area contributed by atoms with E-state index >= 15 is 0 Å². The van der Waals surface area contributed by atoms with Crippen LogP contribution in [0.4, 0.5) is 4.39 Å². The number of aromatic nitrogens is 4. The Morgan fingerprint density at radius 3 is 2.85 bits per heavy atom. The second-order valence-electron chi connectivity index (χ2n) is 4.45. The highest BCUT2D eigenvalue weighted by Gasteiger charge is 2.37. The number of carbonyl (C=O) groups is 1. The first-order valence-corrected chi connectivity index (χ1v) is 6.67. The Hall–Kier alpha value is -1.83. The molecule has 0 bridgehead atoms. The first-order chi connectivity index (χ1) is 9.41. The third-order valence-corrected chi connectivity index (χ3v) is 3.89. The summed E-state index contributed by atoms with van der Waals surface area (Å²) in [6, 6.07) is 4.68. The SMILES string of the molecule is CCC(C)(C(=O)O)n1nnnc1-c1cccc(Br)c1F. The number of hydrogen-bond donors (Lipinski definition) is 1. The van der Waals surface area contributed by atoms with Crippen LogP contribution in [0.25, 0.3) is 11.4 Å². The maximum atomic E-state index is 14.1. The van der Waals surface area contributed by atoms with E-state index in [4.69, 9.17) is 0 Å². The summed E-state index contributed by atoms with van der Waals surface area (Å²) in [7, 11) is 0. The van der Waals surface area contributed by atoms with Crippen LogP contribution in [0.2, 0.25) is 0 Å². The number of halogens is 2. The second kappa shape index (κ2) is 5.28. The molecule has 1 heterocycles. The summed E-state index contributed by atoms with van der Waals surface area (Å²) >= 11 is 3.08. The molecule has 0 aliphatic carbocycles. The van der Waals surface area contributed by atoms with Crippen molar-refractivity contribution >= 4 is 21.9 Å². The standard InChI is InChI=1S/C12H12BrFN4O2/c1-3-12(2,11(19)20)18-10(15-16-17-18)7-5-4-6-8(13)9(7)14/h4-6H,3H2,1-2H3,(H,19,20). The minimum absolute atomic E-state index is 0.0792. The highest BCUT2D eigenvalue weighted by atomic mass is 79.9. The molecule has 1 N–H and O–H groups in total. The van der Waals surface area contributed by atoms with E-state index in [1.165, 1.54) is 13.0 Å². The van der Waals surface area contributed by atoms with Crippen molar-refractivity contribution in [3.63, 3.8) is 0 Å². The van der Waals surface area contributed by atoms with Gasteiger partial charge in [0.25, 0.3) is 0 Å². The molecule has 20 heavy (non-hydrogen) atoms. The van der Waals surface area contributed by atoms with E-state index in [-0.39, 0.29) is 22.3 Å². The molecule has 1 aromatic carbocycles. The van der Waals surface area contributed by atoms with Crippen LogP contribution < -0.4 is 0 Å². The van der Waals surface area contributed by atoms with Gasteiger partial charge in [0.15, 0.2) is 11.4 Å². The molecule has 0 saturated heterocycles. The van der Waals surface area contributed by atoms with Crippen LogP contribution in [-0.4, -0.2) is 31.3 Å². The maximum absolute atomic E-state index is 14.1. The largest absolute Gasteiger partial charge is 0.479 e. The van der Waals surface area contributed by atoms with Crippen LogP contribution in [0.3, 0.4) is 0 Å². The van der Waals surface area contributed by atoms with Gasteiger partial charge in [-0.3, -0.25) is 0 Å². The molecule has 6 nitrogen and oxygen atoms in total. The zero-order valence-electron chi connectivity index (χ0n) is 10.8. The van der Waals surface area contributed by atoms with E-state index in [2.05, 4.69) is 31.5 Å². The lowest BCUT2D eigenvalue weighted by Crippen LogP contribution is -2.39. The summed E-state index contributed by atoms with van der Waals surface area (Å²) < 4.78 is 15.5. The number of hydrogen-bond acceptors (Lipinski definition) is 4. The molecular formula is C12H12BrFN4O2. The summed E-state index contributed by atoms with van der Waals surface area (Å²) in [5, 5.41) is 20.3. The van der Waals surface area contributed by atoms with Gasteiger partial charge in [0, 0.05) is 0 Å². The van der Waals surface area contributed by atoms with Gasteiger partial charge in [-0.05, 0) is 51.8 Å². The summed E-state index contributed by atoms with van der Waals surface area (Å²) in [5.41, 5.74) is -1.20. The molecule has 0 amide bonds. The Labute approximate surface area is 122 Å². The second-order valence-corrected chi connectivity index (χ2v) is 5.30. The van der Waals surface area contributed by atoms with Crippen molar-refractivity contribution in [1.29, 1.82) is 0 Å². The van der Waals surface area contributed by atoms with E-state index in [1.54, 1.807) is 19.1 Å². The molecule has 1 atom stereocenters. The van der Waals surface area contributed by atoms with Crippen molar-refractivity contribution in [2.45, 2.75) is 25.8 Å². The zero-order chi connectivity index (χ0) is 14.9. The third kappa shape index (κ3) is 2.20. The van der Waals surface area contributed by atoms with Crippen molar-refractivity contribution in [1.82, 2.24) is 20.2 Å². The predicted octanol–water partition coefficient (Wildman–Crippen LogP) is 2.45. The quantitative estimate of drug-likeness (QED) is 0.922. The molecular weight excluding hydrogens is 331 g/mol. The van der Waals surface area contributed by atoms with Gasteiger partial charge in [0.1, 0.15) is 5.82 Å². The van der Waals surface area contributed by atoms with Gasteiger partial charge in [0.2, 0.25) is 0 Å². The molecule has 1 unspecified atom stereocenters. The highest BCUT2D eigenvalue weighted by Crippen LogP contribution is 2.30. The molecule has 106 valence electrons. The predicted molar refractivity (Wildman–Crippen MR) is 72.5 cm³/mol. The number of benzene rings is 1. The Kier molecular flexibility index (Phi) is 3.85. The van der Waals surface area contributed by atoms with E-state index in [0.29, 0.717) is 0 Å². The average molecular weight is 343 g/mol. The smallest absolute Gasteiger partial charge is 0.331 e. The number of rotatable bonds is 4. The average Bonchev–Trinajstić information content (AvgIpc) is 2.90. The lowest BCUT2D eigenvalue weighted by molar-refractivity contribution is -0.147. The first-order valence-electron chi connectivity index (χ1n) is 5.88. The monoisotopic (exact) mass is 342 g/mol. The van der Waals surface area contributed by atoms with Crippen molar-refractivity contribution in [2.24, 2.45) is 0 Å². The zero-order valence-corrected chi connectivity index (χ0v) is 12.4. The Bertz CT molecular complexity index is 661. The molecule has 0 spiro atoms. The van der Waals surface area contributed by atoms with Crippen LogP contribution in [-0.2, 0) is 10.3 Å².